The van der Waals surface area contributed by atoms with Gasteiger partial charge in [0.05, 0.1) is 6.61 Å². The number of nitrogens with zero attached hydrogens (tertiary/aromatic N) is 1. The Bertz CT molecular complexity index is 453. The van der Waals surface area contributed by atoms with Crippen molar-refractivity contribution in [1.29, 1.82) is 0 Å². The largest absolute Gasteiger partial charge is 0.477 e. The minimum atomic E-state index is 0.401. The number of hydrogen-bond donors (Lipinski definition) is 1. The van der Waals surface area contributed by atoms with Crippen molar-refractivity contribution in [2.75, 3.05) is 13.2 Å². The second-order valence-corrected chi connectivity index (χ2v) is 6.47. The van der Waals surface area contributed by atoms with Gasteiger partial charge in [-0.25, -0.2) is 4.98 Å². The quantitative estimate of drug-likeness (QED) is 0.689. The Hall–Kier alpha value is -1.35. The second-order valence-electron chi connectivity index (χ2n) is 6.47. The van der Waals surface area contributed by atoms with E-state index in [1.54, 1.807) is 0 Å². The molecule has 21 heavy (non-hydrogen) atoms. The SMILES string of the molecule is C=C(C)CCOc1cc(CNCC(C)C)cc(C(C)C)n1. The predicted molar refractivity (Wildman–Crippen MR) is 89.8 cm³/mol. The van der Waals surface area contributed by atoms with Crippen LogP contribution in [0.3, 0.4) is 0 Å². The molecule has 0 fully saturated rings. The molecule has 0 aliphatic rings. The number of nitrogens with one attached hydrogen (secondary N) is 1. The molecule has 1 rings (SSSR count). The molecule has 3 nitrogen and oxygen atoms in total. The number of pyridine rings is 1. The maximum atomic E-state index is 5.78. The summed E-state index contributed by atoms with van der Waals surface area (Å²) >= 11 is 0. The van der Waals surface area contributed by atoms with Crippen LogP contribution in [-0.2, 0) is 6.54 Å². The van der Waals surface area contributed by atoms with Gasteiger partial charge in [0, 0.05) is 24.7 Å². The third-order valence-electron chi connectivity index (χ3n) is 3.13. The first-order valence-corrected chi connectivity index (χ1v) is 7.87. The lowest BCUT2D eigenvalue weighted by Crippen LogP contribution is -2.19. The van der Waals surface area contributed by atoms with Crippen LogP contribution in [0, 0.1) is 5.92 Å². The summed E-state index contributed by atoms with van der Waals surface area (Å²) in [4.78, 5) is 4.59. The summed E-state index contributed by atoms with van der Waals surface area (Å²) in [6, 6.07) is 4.21. The van der Waals surface area contributed by atoms with E-state index in [1.165, 1.54) is 5.56 Å². The van der Waals surface area contributed by atoms with E-state index in [0.29, 0.717) is 18.4 Å². The fourth-order valence-corrected chi connectivity index (χ4v) is 1.89. The maximum Gasteiger partial charge on any atom is 0.213 e. The molecule has 0 saturated carbocycles. The Morgan fingerprint density at radius 1 is 1.29 bits per heavy atom. The fraction of sp³-hybridized carbons (Fsp3) is 0.611. The van der Waals surface area contributed by atoms with E-state index in [4.69, 9.17) is 4.74 Å². The van der Waals surface area contributed by atoms with Gasteiger partial charge in [-0.15, -0.1) is 6.58 Å². The molecule has 0 bridgehead atoms. The first-order chi connectivity index (χ1) is 9.88. The molecule has 1 aromatic rings. The van der Waals surface area contributed by atoms with Gasteiger partial charge >= 0.3 is 0 Å². The molecule has 0 radical (unpaired) electrons. The van der Waals surface area contributed by atoms with Gasteiger partial charge in [0.2, 0.25) is 5.88 Å². The molecule has 118 valence electrons. The average Bonchev–Trinajstić information content (AvgIpc) is 2.37. The van der Waals surface area contributed by atoms with E-state index in [-0.39, 0.29) is 0 Å². The summed E-state index contributed by atoms with van der Waals surface area (Å²) in [5, 5.41) is 3.47. The minimum Gasteiger partial charge on any atom is -0.477 e. The molecule has 0 atom stereocenters. The van der Waals surface area contributed by atoms with Crippen LogP contribution in [-0.4, -0.2) is 18.1 Å². The number of ether oxygens (including phenoxy) is 1. The molecule has 1 heterocycles. The van der Waals surface area contributed by atoms with E-state index in [9.17, 15) is 0 Å². The van der Waals surface area contributed by atoms with Gasteiger partial charge in [-0.1, -0.05) is 33.3 Å². The molecule has 3 heteroatoms. The third kappa shape index (κ3) is 7.28. The molecule has 0 unspecified atom stereocenters. The van der Waals surface area contributed by atoms with E-state index < -0.39 is 0 Å². The smallest absolute Gasteiger partial charge is 0.213 e. The van der Waals surface area contributed by atoms with Crippen LogP contribution in [0.15, 0.2) is 24.3 Å². The zero-order valence-electron chi connectivity index (χ0n) is 14.2. The van der Waals surface area contributed by atoms with Crippen LogP contribution in [0.2, 0.25) is 0 Å². The highest BCUT2D eigenvalue weighted by Gasteiger charge is 2.07. The Labute approximate surface area is 129 Å². The molecule has 0 aromatic carbocycles. The molecule has 1 N–H and O–H groups in total. The highest BCUT2D eigenvalue weighted by atomic mass is 16.5. The van der Waals surface area contributed by atoms with Crippen molar-refractivity contribution in [1.82, 2.24) is 10.3 Å². The Balaban J connectivity index is 2.72. The Morgan fingerprint density at radius 2 is 2.00 bits per heavy atom. The van der Waals surface area contributed by atoms with Crippen LogP contribution in [0.1, 0.15) is 58.2 Å². The van der Waals surface area contributed by atoms with Crippen LogP contribution in [0.25, 0.3) is 0 Å². The minimum absolute atomic E-state index is 0.401. The molecule has 0 aliphatic carbocycles. The molecule has 1 aromatic heterocycles. The van der Waals surface area contributed by atoms with Crippen molar-refractivity contribution in [3.63, 3.8) is 0 Å². The summed E-state index contributed by atoms with van der Waals surface area (Å²) in [5.41, 5.74) is 3.46. The van der Waals surface area contributed by atoms with Crippen molar-refractivity contribution in [3.05, 3.63) is 35.5 Å². The summed E-state index contributed by atoms with van der Waals surface area (Å²) in [6.07, 6.45) is 0.870. The monoisotopic (exact) mass is 290 g/mol. The van der Waals surface area contributed by atoms with Gasteiger partial charge < -0.3 is 10.1 Å². The topological polar surface area (TPSA) is 34.1 Å². The van der Waals surface area contributed by atoms with Crippen LogP contribution in [0.4, 0.5) is 0 Å². The summed E-state index contributed by atoms with van der Waals surface area (Å²) < 4.78 is 5.78. The van der Waals surface area contributed by atoms with Gasteiger partial charge in [0.25, 0.3) is 0 Å². The Kier molecular flexibility index (Phi) is 7.44. The van der Waals surface area contributed by atoms with Crippen molar-refractivity contribution < 1.29 is 4.74 Å². The van der Waals surface area contributed by atoms with E-state index in [0.717, 1.165) is 36.7 Å². The number of hydrogen-bond acceptors (Lipinski definition) is 3. The van der Waals surface area contributed by atoms with Crippen molar-refractivity contribution in [2.45, 2.75) is 53.5 Å². The zero-order chi connectivity index (χ0) is 15.8. The summed E-state index contributed by atoms with van der Waals surface area (Å²) in [5.74, 6) is 1.78. The second kappa shape index (κ2) is 8.83. The van der Waals surface area contributed by atoms with Crippen molar-refractivity contribution in [3.8, 4) is 5.88 Å². The lowest BCUT2D eigenvalue weighted by Gasteiger charge is -2.13. The van der Waals surface area contributed by atoms with Crippen LogP contribution >= 0.6 is 0 Å². The summed E-state index contributed by atoms with van der Waals surface area (Å²) in [6.45, 7) is 17.2. The van der Waals surface area contributed by atoms with Crippen LogP contribution in [0.5, 0.6) is 5.88 Å². The molecule has 0 spiro atoms. The lowest BCUT2D eigenvalue weighted by molar-refractivity contribution is 0.307. The van der Waals surface area contributed by atoms with Crippen LogP contribution < -0.4 is 10.1 Å². The van der Waals surface area contributed by atoms with Crippen molar-refractivity contribution >= 4 is 0 Å². The average molecular weight is 290 g/mol. The van der Waals surface area contributed by atoms with Crippen molar-refractivity contribution in [2.24, 2.45) is 5.92 Å². The molecule has 0 amide bonds. The number of rotatable bonds is 9. The number of aromatic nitrogens is 1. The standard InChI is InChI=1S/C18H30N2O/c1-13(2)7-8-21-18-10-16(12-19-11-14(3)4)9-17(20-18)15(5)6/h9-10,14-15,19H,1,7-8,11-12H2,2-6H3. The van der Waals surface area contributed by atoms with E-state index >= 15 is 0 Å². The van der Waals surface area contributed by atoms with E-state index in [2.05, 4.69) is 50.6 Å². The third-order valence-corrected chi connectivity index (χ3v) is 3.13. The molecular formula is C18H30N2O. The zero-order valence-corrected chi connectivity index (χ0v) is 14.2. The van der Waals surface area contributed by atoms with E-state index in [1.807, 2.05) is 13.0 Å². The molecule has 0 aliphatic heterocycles. The first kappa shape index (κ1) is 17.7. The first-order valence-electron chi connectivity index (χ1n) is 7.87. The van der Waals surface area contributed by atoms with Gasteiger partial charge in [-0.2, -0.15) is 0 Å². The lowest BCUT2D eigenvalue weighted by atomic mass is 10.1. The maximum absolute atomic E-state index is 5.78. The Morgan fingerprint density at radius 3 is 2.57 bits per heavy atom. The van der Waals surface area contributed by atoms with Gasteiger partial charge in [-0.3, -0.25) is 0 Å². The molecule has 0 saturated heterocycles. The molecular weight excluding hydrogens is 260 g/mol. The fourth-order valence-electron chi connectivity index (χ4n) is 1.89. The predicted octanol–water partition coefficient (Wildman–Crippen LogP) is 4.30. The van der Waals surface area contributed by atoms with Gasteiger partial charge in [-0.05, 0) is 36.9 Å². The highest BCUT2D eigenvalue weighted by Crippen LogP contribution is 2.19. The normalized spacial score (nSPS) is 11.2. The summed E-state index contributed by atoms with van der Waals surface area (Å²) in [7, 11) is 0. The highest BCUT2D eigenvalue weighted by molar-refractivity contribution is 5.26. The van der Waals surface area contributed by atoms with Gasteiger partial charge in [0.1, 0.15) is 0 Å². The van der Waals surface area contributed by atoms with Gasteiger partial charge in [0.15, 0.2) is 0 Å².